The van der Waals surface area contributed by atoms with Crippen LogP contribution in [-0.2, 0) is 4.74 Å². The molecule has 2 N–H and O–H groups in total. The molecule has 1 saturated heterocycles. The van der Waals surface area contributed by atoms with Crippen molar-refractivity contribution in [3.63, 3.8) is 0 Å². The van der Waals surface area contributed by atoms with E-state index in [0.717, 1.165) is 50.3 Å². The van der Waals surface area contributed by atoms with Crippen molar-refractivity contribution in [3.8, 4) is 0 Å². The summed E-state index contributed by atoms with van der Waals surface area (Å²) in [5.41, 5.74) is 1.40. The quantitative estimate of drug-likeness (QED) is 0.806. The highest BCUT2D eigenvalue weighted by Crippen LogP contribution is 2.15. The second-order valence-electron chi connectivity index (χ2n) is 5.17. The van der Waals surface area contributed by atoms with E-state index in [1.165, 1.54) is 0 Å². The fourth-order valence-electron chi connectivity index (χ4n) is 2.57. The normalized spacial score (nSPS) is 16.2. The molecule has 0 atom stereocenters. The van der Waals surface area contributed by atoms with E-state index in [1.807, 2.05) is 12.1 Å². The minimum absolute atomic E-state index is 0.0452. The lowest BCUT2D eigenvalue weighted by molar-refractivity contribution is 0.0374. The number of hydrogen-bond acceptors (Lipinski definition) is 4. The van der Waals surface area contributed by atoms with Crippen molar-refractivity contribution in [2.45, 2.75) is 6.42 Å². The third-order valence-corrected chi connectivity index (χ3v) is 3.74. The van der Waals surface area contributed by atoms with Gasteiger partial charge in [-0.15, -0.1) is 0 Å². The van der Waals surface area contributed by atoms with Crippen LogP contribution in [0.5, 0.6) is 0 Å². The minimum Gasteiger partial charge on any atom is -0.379 e. The second-order valence-corrected chi connectivity index (χ2v) is 5.17. The summed E-state index contributed by atoms with van der Waals surface area (Å²) in [6.45, 7) is 5.29. The van der Waals surface area contributed by atoms with E-state index < -0.39 is 0 Å². The Balaban J connectivity index is 1.48. The van der Waals surface area contributed by atoms with Crippen LogP contribution in [0, 0.1) is 0 Å². The lowest BCUT2D eigenvalue weighted by atomic mass is 10.2. The fourth-order valence-corrected chi connectivity index (χ4v) is 2.57. The zero-order chi connectivity index (χ0) is 14.5. The maximum absolute atomic E-state index is 12.2. The lowest BCUT2D eigenvalue weighted by Crippen LogP contribution is -2.38. The maximum Gasteiger partial charge on any atom is 0.253 e. The largest absolute Gasteiger partial charge is 0.379 e. The van der Waals surface area contributed by atoms with Crippen molar-refractivity contribution in [2.75, 3.05) is 39.4 Å². The van der Waals surface area contributed by atoms with E-state index in [0.29, 0.717) is 12.1 Å². The first kappa shape index (κ1) is 14.0. The molecule has 3 heterocycles. The summed E-state index contributed by atoms with van der Waals surface area (Å²) in [4.78, 5) is 21.7. The Hall–Kier alpha value is -1.92. The van der Waals surface area contributed by atoms with Gasteiger partial charge in [0.2, 0.25) is 0 Å². The number of nitrogens with one attached hydrogen (secondary N) is 2. The Labute approximate surface area is 123 Å². The van der Waals surface area contributed by atoms with Gasteiger partial charge in [0, 0.05) is 37.4 Å². The third-order valence-electron chi connectivity index (χ3n) is 3.74. The van der Waals surface area contributed by atoms with Crippen molar-refractivity contribution in [1.29, 1.82) is 0 Å². The van der Waals surface area contributed by atoms with Crippen molar-refractivity contribution < 1.29 is 9.53 Å². The molecule has 6 heteroatoms. The van der Waals surface area contributed by atoms with E-state index in [2.05, 4.69) is 20.2 Å². The minimum atomic E-state index is -0.0452. The van der Waals surface area contributed by atoms with Gasteiger partial charge in [-0.25, -0.2) is 4.98 Å². The highest BCUT2D eigenvalue weighted by molar-refractivity contribution is 6.05. The molecular weight excluding hydrogens is 268 g/mol. The number of hydrogen-bond donors (Lipinski definition) is 2. The number of carbonyl (C=O) groups excluding carboxylic acids is 1. The van der Waals surface area contributed by atoms with E-state index in [9.17, 15) is 4.79 Å². The smallest absolute Gasteiger partial charge is 0.253 e. The predicted octanol–water partition coefficient (Wildman–Crippen LogP) is 1.02. The fraction of sp³-hybridized carbons (Fsp3) is 0.467. The molecule has 0 aliphatic carbocycles. The summed E-state index contributed by atoms with van der Waals surface area (Å²) < 4.78 is 5.31. The number of aromatic amines is 1. The number of H-pyrrole nitrogens is 1. The van der Waals surface area contributed by atoms with Crippen molar-refractivity contribution in [1.82, 2.24) is 20.2 Å². The van der Waals surface area contributed by atoms with Crippen LogP contribution < -0.4 is 5.32 Å². The topological polar surface area (TPSA) is 70.2 Å². The molecule has 0 aromatic carbocycles. The molecule has 3 rings (SSSR count). The number of rotatable bonds is 5. The standard InChI is InChI=1S/C15H20N4O2/c20-15(13-11-18-14-12(13)3-1-4-16-14)17-5-2-6-19-7-9-21-10-8-19/h1,3-4,11H,2,5-10H2,(H,16,18)(H,17,20). The first-order valence-corrected chi connectivity index (χ1v) is 7.35. The number of ether oxygens (including phenoxy) is 1. The van der Waals surface area contributed by atoms with Gasteiger partial charge in [0.15, 0.2) is 0 Å². The van der Waals surface area contributed by atoms with Crippen LogP contribution in [0.25, 0.3) is 11.0 Å². The summed E-state index contributed by atoms with van der Waals surface area (Å²) in [7, 11) is 0. The van der Waals surface area contributed by atoms with Crippen LogP contribution in [0.4, 0.5) is 0 Å². The first-order valence-electron chi connectivity index (χ1n) is 7.35. The number of aromatic nitrogens is 2. The Morgan fingerprint density at radius 2 is 2.29 bits per heavy atom. The van der Waals surface area contributed by atoms with Gasteiger partial charge in [-0.1, -0.05) is 0 Å². The molecule has 1 aliphatic heterocycles. The van der Waals surface area contributed by atoms with E-state index in [1.54, 1.807) is 12.4 Å². The highest BCUT2D eigenvalue weighted by Gasteiger charge is 2.12. The van der Waals surface area contributed by atoms with Crippen LogP contribution in [0.1, 0.15) is 16.8 Å². The molecular formula is C15H20N4O2. The molecule has 1 aliphatic rings. The van der Waals surface area contributed by atoms with Gasteiger partial charge in [0.25, 0.3) is 5.91 Å². The van der Waals surface area contributed by atoms with Crippen molar-refractivity contribution in [3.05, 3.63) is 30.1 Å². The Morgan fingerprint density at radius 1 is 1.43 bits per heavy atom. The highest BCUT2D eigenvalue weighted by atomic mass is 16.5. The van der Waals surface area contributed by atoms with Gasteiger partial charge in [-0.2, -0.15) is 0 Å². The van der Waals surface area contributed by atoms with Crippen LogP contribution in [0.15, 0.2) is 24.5 Å². The summed E-state index contributed by atoms with van der Waals surface area (Å²) >= 11 is 0. The molecule has 1 fully saturated rings. The lowest BCUT2D eigenvalue weighted by Gasteiger charge is -2.26. The monoisotopic (exact) mass is 288 g/mol. The molecule has 0 spiro atoms. The molecule has 21 heavy (non-hydrogen) atoms. The Morgan fingerprint density at radius 3 is 3.14 bits per heavy atom. The summed E-state index contributed by atoms with van der Waals surface area (Å²) in [6, 6.07) is 3.74. The molecule has 6 nitrogen and oxygen atoms in total. The van der Waals surface area contributed by atoms with E-state index in [4.69, 9.17) is 4.74 Å². The number of nitrogens with zero attached hydrogens (tertiary/aromatic N) is 2. The van der Waals surface area contributed by atoms with Gasteiger partial charge in [-0.3, -0.25) is 9.69 Å². The Kier molecular flexibility index (Phi) is 4.47. The summed E-state index contributed by atoms with van der Waals surface area (Å²) in [6.07, 6.45) is 4.38. The molecule has 2 aromatic rings. The first-order chi connectivity index (χ1) is 10.3. The maximum atomic E-state index is 12.2. The number of carbonyl (C=O) groups is 1. The van der Waals surface area contributed by atoms with Crippen LogP contribution in [0.3, 0.4) is 0 Å². The molecule has 0 saturated carbocycles. The SMILES string of the molecule is O=C(NCCCN1CCOCC1)c1c[nH]c2ncccc12. The number of morpholine rings is 1. The average Bonchev–Trinajstić information content (AvgIpc) is 2.96. The zero-order valence-electron chi connectivity index (χ0n) is 12.0. The van der Waals surface area contributed by atoms with Gasteiger partial charge < -0.3 is 15.0 Å². The third kappa shape index (κ3) is 3.40. The van der Waals surface area contributed by atoms with Crippen LogP contribution in [0.2, 0.25) is 0 Å². The van der Waals surface area contributed by atoms with Gasteiger partial charge in [0.05, 0.1) is 18.8 Å². The predicted molar refractivity (Wildman–Crippen MR) is 80.3 cm³/mol. The number of fused-ring (bicyclic) bond motifs is 1. The number of amides is 1. The van der Waals surface area contributed by atoms with Gasteiger partial charge in [0.1, 0.15) is 5.65 Å². The average molecular weight is 288 g/mol. The van der Waals surface area contributed by atoms with Crippen molar-refractivity contribution >= 4 is 16.9 Å². The molecule has 2 aromatic heterocycles. The molecule has 0 radical (unpaired) electrons. The zero-order valence-corrected chi connectivity index (χ0v) is 12.0. The van der Waals surface area contributed by atoms with Crippen LogP contribution >= 0.6 is 0 Å². The molecule has 1 amide bonds. The van der Waals surface area contributed by atoms with Crippen molar-refractivity contribution in [2.24, 2.45) is 0 Å². The molecule has 0 unspecified atom stereocenters. The van der Waals surface area contributed by atoms with Gasteiger partial charge in [-0.05, 0) is 25.1 Å². The summed E-state index contributed by atoms with van der Waals surface area (Å²) in [5.74, 6) is -0.0452. The number of pyridine rings is 1. The molecule has 112 valence electrons. The molecule has 0 bridgehead atoms. The van der Waals surface area contributed by atoms with Crippen LogP contribution in [-0.4, -0.2) is 60.2 Å². The van der Waals surface area contributed by atoms with E-state index in [-0.39, 0.29) is 5.91 Å². The Bertz CT molecular complexity index is 604. The van der Waals surface area contributed by atoms with E-state index >= 15 is 0 Å². The van der Waals surface area contributed by atoms with Gasteiger partial charge >= 0.3 is 0 Å². The second kappa shape index (κ2) is 6.69. The summed E-state index contributed by atoms with van der Waals surface area (Å²) in [5, 5.41) is 3.84.